The van der Waals surface area contributed by atoms with Crippen LogP contribution in [0.5, 0.6) is 0 Å². The maximum atomic E-state index is 12.3. The summed E-state index contributed by atoms with van der Waals surface area (Å²) in [6, 6.07) is 7.02. The van der Waals surface area contributed by atoms with Crippen LogP contribution in [0.25, 0.3) is 0 Å². The molecule has 2 atom stereocenters. The number of nitrogens with two attached hydrogens (primary N) is 1. The van der Waals surface area contributed by atoms with E-state index < -0.39 is 0 Å². The molecule has 1 fully saturated rings. The predicted octanol–water partition coefficient (Wildman–Crippen LogP) is 1.69. The highest BCUT2D eigenvalue weighted by Crippen LogP contribution is 2.22. The van der Waals surface area contributed by atoms with Gasteiger partial charge in [0.1, 0.15) is 0 Å². The largest absolute Gasteiger partial charge is 0.399 e. The molecular weight excluding hydrogens is 266 g/mol. The zero-order valence-corrected chi connectivity index (χ0v) is 12.7. The molecule has 0 radical (unpaired) electrons. The van der Waals surface area contributed by atoms with Crippen molar-refractivity contribution in [3.8, 4) is 0 Å². The Balaban J connectivity index is 1.88. The third-order valence-corrected chi connectivity index (χ3v) is 4.34. The molecule has 5 nitrogen and oxygen atoms in total. The summed E-state index contributed by atoms with van der Waals surface area (Å²) in [6.07, 6.45) is 1.62. The Hall–Kier alpha value is -1.59. The third kappa shape index (κ3) is 4.19. The maximum Gasteiger partial charge on any atom is 0.241 e. The van der Waals surface area contributed by atoms with Gasteiger partial charge in [-0.05, 0) is 63.9 Å². The average Bonchev–Trinajstić information content (AvgIpc) is 2.46. The van der Waals surface area contributed by atoms with Gasteiger partial charge in [-0.1, -0.05) is 6.07 Å². The van der Waals surface area contributed by atoms with Gasteiger partial charge in [0, 0.05) is 11.4 Å². The lowest BCUT2D eigenvalue weighted by Crippen LogP contribution is -2.47. The van der Waals surface area contributed by atoms with Gasteiger partial charge >= 0.3 is 0 Å². The van der Waals surface area contributed by atoms with Gasteiger partial charge in [-0.15, -0.1) is 0 Å². The molecule has 21 heavy (non-hydrogen) atoms. The first-order chi connectivity index (χ1) is 9.97. The molecular formula is C16H25N3O2. The Kier molecular flexibility index (Phi) is 5.20. The minimum absolute atomic E-state index is 0.0175. The van der Waals surface area contributed by atoms with Crippen molar-refractivity contribution in [2.24, 2.45) is 5.92 Å². The van der Waals surface area contributed by atoms with Crippen LogP contribution in [0.3, 0.4) is 0 Å². The van der Waals surface area contributed by atoms with Crippen molar-refractivity contribution in [1.29, 1.82) is 0 Å². The number of nitrogens with zero attached hydrogens (tertiary/aromatic N) is 1. The minimum atomic E-state index is -0.261. The van der Waals surface area contributed by atoms with Gasteiger partial charge in [-0.2, -0.15) is 0 Å². The highest BCUT2D eigenvalue weighted by molar-refractivity contribution is 5.94. The van der Waals surface area contributed by atoms with E-state index in [1.807, 2.05) is 26.0 Å². The highest BCUT2D eigenvalue weighted by atomic mass is 16.3. The van der Waals surface area contributed by atoms with E-state index in [0.717, 1.165) is 31.6 Å². The van der Waals surface area contributed by atoms with E-state index in [4.69, 9.17) is 5.73 Å². The van der Waals surface area contributed by atoms with Crippen LogP contribution in [0.15, 0.2) is 24.3 Å². The number of hydrogen-bond donors (Lipinski definition) is 3. The molecule has 1 aromatic rings. The lowest BCUT2D eigenvalue weighted by Gasteiger charge is -2.36. The van der Waals surface area contributed by atoms with Crippen molar-refractivity contribution in [2.75, 3.05) is 24.1 Å². The van der Waals surface area contributed by atoms with Crippen LogP contribution < -0.4 is 11.1 Å². The summed E-state index contributed by atoms with van der Waals surface area (Å²) in [7, 11) is 0. The van der Waals surface area contributed by atoms with Crippen molar-refractivity contribution in [1.82, 2.24) is 4.90 Å². The number of likely N-dealkylation sites (tertiary alicyclic amines) is 1. The summed E-state index contributed by atoms with van der Waals surface area (Å²) in [5.41, 5.74) is 7.08. The molecule has 1 saturated heterocycles. The van der Waals surface area contributed by atoms with Crippen molar-refractivity contribution in [2.45, 2.75) is 38.8 Å². The lowest BCUT2D eigenvalue weighted by atomic mass is 9.91. The molecule has 1 aliphatic heterocycles. The maximum absolute atomic E-state index is 12.3. The second-order valence-electron chi connectivity index (χ2n) is 5.90. The Morgan fingerprint density at radius 1 is 1.38 bits per heavy atom. The Labute approximate surface area is 126 Å². The molecule has 0 spiro atoms. The number of carbonyl (C=O) groups excluding carboxylic acids is 1. The van der Waals surface area contributed by atoms with E-state index in [-0.39, 0.29) is 18.1 Å². The van der Waals surface area contributed by atoms with Gasteiger partial charge in [-0.25, -0.2) is 0 Å². The second-order valence-corrected chi connectivity index (χ2v) is 5.90. The van der Waals surface area contributed by atoms with Gasteiger partial charge in [-0.3, -0.25) is 9.69 Å². The van der Waals surface area contributed by atoms with Gasteiger partial charge in [0.15, 0.2) is 0 Å². The van der Waals surface area contributed by atoms with Crippen molar-refractivity contribution in [3.05, 3.63) is 24.3 Å². The summed E-state index contributed by atoms with van der Waals surface area (Å²) < 4.78 is 0. The Morgan fingerprint density at radius 3 is 2.62 bits per heavy atom. The number of carbonyl (C=O) groups is 1. The first-order valence-corrected chi connectivity index (χ1v) is 7.56. The molecule has 1 aliphatic rings. The van der Waals surface area contributed by atoms with Gasteiger partial charge < -0.3 is 16.2 Å². The van der Waals surface area contributed by atoms with Crippen molar-refractivity contribution < 1.29 is 9.90 Å². The fourth-order valence-electron chi connectivity index (χ4n) is 2.82. The molecule has 116 valence electrons. The summed E-state index contributed by atoms with van der Waals surface area (Å²) in [5, 5.41) is 12.5. The Bertz CT molecular complexity index is 482. The van der Waals surface area contributed by atoms with E-state index in [1.165, 1.54) is 0 Å². The molecule has 4 N–H and O–H groups in total. The average molecular weight is 291 g/mol. The van der Waals surface area contributed by atoms with Crippen LogP contribution >= 0.6 is 0 Å². The molecule has 1 heterocycles. The zero-order valence-electron chi connectivity index (χ0n) is 12.7. The number of amides is 1. The number of nitrogen functional groups attached to an aromatic ring is 1. The van der Waals surface area contributed by atoms with Gasteiger partial charge in [0.05, 0.1) is 12.1 Å². The van der Waals surface area contributed by atoms with Crippen LogP contribution in [-0.4, -0.2) is 41.1 Å². The molecule has 1 aromatic carbocycles. The van der Waals surface area contributed by atoms with Crippen LogP contribution in [0.2, 0.25) is 0 Å². The second kappa shape index (κ2) is 6.91. The smallest absolute Gasteiger partial charge is 0.241 e. The predicted molar refractivity (Wildman–Crippen MR) is 84.9 cm³/mol. The van der Waals surface area contributed by atoms with E-state index in [9.17, 15) is 9.90 Å². The van der Waals surface area contributed by atoms with Crippen LogP contribution in [0.4, 0.5) is 11.4 Å². The zero-order chi connectivity index (χ0) is 15.4. The standard InChI is InChI=1S/C16H25N3O2/c1-11(19-8-6-13(7-9-19)12(2)20)16(21)18-15-5-3-4-14(17)10-15/h3-5,10-13,20H,6-9,17H2,1-2H3,(H,18,21). The summed E-state index contributed by atoms with van der Waals surface area (Å²) in [4.78, 5) is 14.5. The number of anilines is 2. The molecule has 0 saturated carbocycles. The molecule has 2 rings (SSSR count). The highest BCUT2D eigenvalue weighted by Gasteiger charge is 2.28. The SMILES string of the molecule is CC(O)C1CCN(C(C)C(=O)Nc2cccc(N)c2)CC1. The van der Waals surface area contributed by atoms with Crippen LogP contribution in [0, 0.1) is 5.92 Å². The lowest BCUT2D eigenvalue weighted by molar-refractivity contribution is -0.121. The number of benzene rings is 1. The first kappa shape index (κ1) is 15.8. The number of nitrogens with one attached hydrogen (secondary N) is 1. The fraction of sp³-hybridized carbons (Fsp3) is 0.562. The molecule has 0 aromatic heterocycles. The van der Waals surface area contributed by atoms with E-state index in [1.54, 1.807) is 12.1 Å². The van der Waals surface area contributed by atoms with Gasteiger partial charge in [0.2, 0.25) is 5.91 Å². The topological polar surface area (TPSA) is 78.6 Å². The van der Waals surface area contributed by atoms with E-state index in [0.29, 0.717) is 11.6 Å². The minimum Gasteiger partial charge on any atom is -0.399 e. The summed E-state index contributed by atoms with van der Waals surface area (Å²) in [5.74, 6) is 0.335. The van der Waals surface area contributed by atoms with Crippen molar-refractivity contribution >= 4 is 17.3 Å². The molecule has 0 bridgehead atoms. The summed E-state index contributed by atoms with van der Waals surface area (Å²) in [6.45, 7) is 5.46. The normalized spacial score (nSPS) is 20.0. The number of piperidine rings is 1. The van der Waals surface area contributed by atoms with Gasteiger partial charge in [0.25, 0.3) is 0 Å². The molecule has 1 amide bonds. The molecule has 0 aliphatic carbocycles. The quantitative estimate of drug-likeness (QED) is 0.738. The number of hydrogen-bond acceptors (Lipinski definition) is 4. The number of aliphatic hydroxyl groups excluding tert-OH is 1. The third-order valence-electron chi connectivity index (χ3n) is 4.34. The first-order valence-electron chi connectivity index (χ1n) is 7.56. The van der Waals surface area contributed by atoms with Crippen LogP contribution in [0.1, 0.15) is 26.7 Å². The Morgan fingerprint density at radius 2 is 2.05 bits per heavy atom. The van der Waals surface area contributed by atoms with E-state index >= 15 is 0 Å². The molecule has 2 unspecified atom stereocenters. The molecule has 5 heteroatoms. The number of rotatable bonds is 4. The summed E-state index contributed by atoms with van der Waals surface area (Å²) >= 11 is 0. The van der Waals surface area contributed by atoms with Crippen molar-refractivity contribution in [3.63, 3.8) is 0 Å². The number of aliphatic hydroxyl groups is 1. The fourth-order valence-corrected chi connectivity index (χ4v) is 2.82. The van der Waals surface area contributed by atoms with Crippen LogP contribution in [-0.2, 0) is 4.79 Å². The van der Waals surface area contributed by atoms with E-state index in [2.05, 4.69) is 10.2 Å². The monoisotopic (exact) mass is 291 g/mol.